The number of nitrogens with one attached hydrogen (secondary N) is 1. The SMILES string of the molecule is COC(=O)/C=C(/Nc1ccc(C#N)c(Br)c1)C(=O)OC. The van der Waals surface area contributed by atoms with Gasteiger partial charge in [0, 0.05) is 10.2 Å². The van der Waals surface area contributed by atoms with E-state index in [9.17, 15) is 9.59 Å². The van der Waals surface area contributed by atoms with Crippen molar-refractivity contribution in [3.8, 4) is 6.07 Å². The molecule has 104 valence electrons. The van der Waals surface area contributed by atoms with Crippen LogP contribution < -0.4 is 5.32 Å². The molecule has 0 amide bonds. The lowest BCUT2D eigenvalue weighted by atomic mass is 10.2. The van der Waals surface area contributed by atoms with Crippen LogP contribution in [0.1, 0.15) is 5.56 Å². The number of hydrogen-bond donors (Lipinski definition) is 1. The van der Waals surface area contributed by atoms with Crippen LogP contribution in [0.25, 0.3) is 0 Å². The Kier molecular flexibility index (Phi) is 5.74. The highest BCUT2D eigenvalue weighted by Crippen LogP contribution is 2.22. The zero-order chi connectivity index (χ0) is 15.1. The summed E-state index contributed by atoms with van der Waals surface area (Å²) in [5.41, 5.74) is 0.888. The van der Waals surface area contributed by atoms with E-state index in [4.69, 9.17) is 5.26 Å². The maximum Gasteiger partial charge on any atom is 0.354 e. The Hall–Kier alpha value is -2.33. The van der Waals surface area contributed by atoms with Gasteiger partial charge in [-0.3, -0.25) is 0 Å². The fourth-order valence-electron chi connectivity index (χ4n) is 1.27. The van der Waals surface area contributed by atoms with Crippen molar-refractivity contribution in [1.82, 2.24) is 0 Å². The van der Waals surface area contributed by atoms with E-state index >= 15 is 0 Å². The highest BCUT2D eigenvalue weighted by atomic mass is 79.9. The predicted molar refractivity (Wildman–Crippen MR) is 74.6 cm³/mol. The molecule has 0 spiro atoms. The fraction of sp³-hybridized carbons (Fsp3) is 0.154. The third-order valence-electron chi connectivity index (χ3n) is 2.24. The molecule has 1 N–H and O–H groups in total. The van der Waals surface area contributed by atoms with Crippen molar-refractivity contribution in [2.45, 2.75) is 0 Å². The molecule has 0 radical (unpaired) electrons. The van der Waals surface area contributed by atoms with E-state index in [1.807, 2.05) is 6.07 Å². The molecule has 0 unspecified atom stereocenters. The number of carbonyl (C=O) groups is 2. The van der Waals surface area contributed by atoms with Gasteiger partial charge in [-0.05, 0) is 34.1 Å². The van der Waals surface area contributed by atoms with Crippen molar-refractivity contribution in [2.75, 3.05) is 19.5 Å². The zero-order valence-corrected chi connectivity index (χ0v) is 12.4. The van der Waals surface area contributed by atoms with E-state index in [0.29, 0.717) is 15.7 Å². The quantitative estimate of drug-likeness (QED) is 0.666. The smallest absolute Gasteiger partial charge is 0.354 e. The highest BCUT2D eigenvalue weighted by Gasteiger charge is 2.13. The standard InChI is InChI=1S/C13H11BrN2O4/c1-19-12(17)6-11(13(18)20-2)16-9-4-3-8(7-15)10(14)5-9/h3-6,16H,1-2H3/b11-6+. The lowest BCUT2D eigenvalue weighted by molar-refractivity contribution is -0.138. The first-order valence-corrected chi connectivity index (χ1v) is 6.15. The first-order valence-electron chi connectivity index (χ1n) is 5.36. The van der Waals surface area contributed by atoms with Crippen LogP contribution in [0.2, 0.25) is 0 Å². The number of ether oxygens (including phenoxy) is 2. The summed E-state index contributed by atoms with van der Waals surface area (Å²) in [6.45, 7) is 0. The summed E-state index contributed by atoms with van der Waals surface area (Å²) in [5.74, 6) is -1.40. The average Bonchev–Trinajstić information content (AvgIpc) is 2.45. The second-order valence-electron chi connectivity index (χ2n) is 3.50. The minimum absolute atomic E-state index is 0.0732. The molecular formula is C13H11BrN2O4. The fourth-order valence-corrected chi connectivity index (χ4v) is 1.74. The van der Waals surface area contributed by atoms with Crippen LogP contribution >= 0.6 is 15.9 Å². The van der Waals surface area contributed by atoms with Gasteiger partial charge in [-0.15, -0.1) is 0 Å². The van der Waals surface area contributed by atoms with Gasteiger partial charge in [0.2, 0.25) is 0 Å². The summed E-state index contributed by atoms with van der Waals surface area (Å²) < 4.78 is 9.58. The molecule has 0 saturated heterocycles. The molecule has 0 aliphatic heterocycles. The number of esters is 2. The van der Waals surface area contributed by atoms with Gasteiger partial charge in [-0.1, -0.05) is 0 Å². The monoisotopic (exact) mass is 338 g/mol. The molecule has 6 nitrogen and oxygen atoms in total. The molecule has 0 fully saturated rings. The number of carbonyl (C=O) groups excluding carboxylic acids is 2. The Morgan fingerprint density at radius 2 is 2.05 bits per heavy atom. The molecule has 0 atom stereocenters. The molecule has 0 aliphatic rings. The molecule has 7 heteroatoms. The van der Waals surface area contributed by atoms with Crippen molar-refractivity contribution < 1.29 is 19.1 Å². The first kappa shape index (κ1) is 15.7. The summed E-state index contributed by atoms with van der Waals surface area (Å²) in [4.78, 5) is 22.8. The summed E-state index contributed by atoms with van der Waals surface area (Å²) in [6, 6.07) is 6.76. The van der Waals surface area contributed by atoms with E-state index in [-0.39, 0.29) is 5.70 Å². The number of rotatable bonds is 4. The van der Waals surface area contributed by atoms with Gasteiger partial charge in [0.1, 0.15) is 11.8 Å². The number of methoxy groups -OCH3 is 2. The summed E-state index contributed by atoms with van der Waals surface area (Å²) >= 11 is 3.23. The molecule has 0 aliphatic carbocycles. The van der Waals surface area contributed by atoms with Gasteiger partial charge in [0.05, 0.1) is 25.9 Å². The number of anilines is 1. The zero-order valence-electron chi connectivity index (χ0n) is 10.8. The van der Waals surface area contributed by atoms with E-state index < -0.39 is 11.9 Å². The highest BCUT2D eigenvalue weighted by molar-refractivity contribution is 9.10. The molecule has 20 heavy (non-hydrogen) atoms. The average molecular weight is 339 g/mol. The number of nitrogens with zero attached hydrogens (tertiary/aromatic N) is 1. The Balaban J connectivity index is 3.05. The van der Waals surface area contributed by atoms with Crippen LogP contribution in [0.15, 0.2) is 34.4 Å². The minimum Gasteiger partial charge on any atom is -0.466 e. The second kappa shape index (κ2) is 7.31. The number of halogens is 1. The third kappa shape index (κ3) is 4.10. The van der Waals surface area contributed by atoms with Gasteiger partial charge >= 0.3 is 11.9 Å². The van der Waals surface area contributed by atoms with Crippen LogP contribution in [-0.4, -0.2) is 26.2 Å². The van der Waals surface area contributed by atoms with Crippen LogP contribution in [0.3, 0.4) is 0 Å². The van der Waals surface area contributed by atoms with Crippen LogP contribution in [0.5, 0.6) is 0 Å². The Labute approximate surface area is 124 Å². The van der Waals surface area contributed by atoms with Gasteiger partial charge in [-0.25, -0.2) is 9.59 Å². The van der Waals surface area contributed by atoms with Gasteiger partial charge in [0.25, 0.3) is 0 Å². The number of hydrogen-bond acceptors (Lipinski definition) is 6. The van der Waals surface area contributed by atoms with E-state index in [0.717, 1.165) is 6.08 Å². The van der Waals surface area contributed by atoms with Crippen molar-refractivity contribution in [1.29, 1.82) is 5.26 Å². The Bertz CT molecular complexity index is 605. The Morgan fingerprint density at radius 3 is 2.55 bits per heavy atom. The normalized spacial score (nSPS) is 10.4. The molecular weight excluding hydrogens is 328 g/mol. The molecule has 1 aromatic rings. The van der Waals surface area contributed by atoms with E-state index in [2.05, 4.69) is 30.7 Å². The Morgan fingerprint density at radius 1 is 1.35 bits per heavy atom. The predicted octanol–water partition coefficient (Wildman–Crippen LogP) is 1.96. The summed E-state index contributed by atoms with van der Waals surface area (Å²) in [5, 5.41) is 11.6. The van der Waals surface area contributed by atoms with Crippen LogP contribution in [0.4, 0.5) is 5.69 Å². The molecule has 0 heterocycles. The third-order valence-corrected chi connectivity index (χ3v) is 2.89. The number of nitriles is 1. The number of benzene rings is 1. The van der Waals surface area contributed by atoms with Crippen LogP contribution in [-0.2, 0) is 19.1 Å². The molecule has 1 aromatic carbocycles. The molecule has 0 bridgehead atoms. The van der Waals surface area contributed by atoms with E-state index in [1.54, 1.807) is 18.2 Å². The van der Waals surface area contributed by atoms with Crippen molar-refractivity contribution in [3.05, 3.63) is 40.0 Å². The van der Waals surface area contributed by atoms with Crippen molar-refractivity contribution >= 4 is 33.6 Å². The maximum absolute atomic E-state index is 11.6. The lowest BCUT2D eigenvalue weighted by Gasteiger charge is -2.09. The topological polar surface area (TPSA) is 88.4 Å². The van der Waals surface area contributed by atoms with Gasteiger partial charge < -0.3 is 14.8 Å². The lowest BCUT2D eigenvalue weighted by Crippen LogP contribution is -2.15. The van der Waals surface area contributed by atoms with Crippen molar-refractivity contribution in [2.24, 2.45) is 0 Å². The summed E-state index contributed by atoms with van der Waals surface area (Å²) in [7, 11) is 2.40. The molecule has 0 aromatic heterocycles. The van der Waals surface area contributed by atoms with Crippen LogP contribution in [0, 0.1) is 11.3 Å². The van der Waals surface area contributed by atoms with Gasteiger partial charge in [-0.2, -0.15) is 5.26 Å². The van der Waals surface area contributed by atoms with Crippen molar-refractivity contribution in [3.63, 3.8) is 0 Å². The first-order chi connectivity index (χ1) is 9.51. The molecule has 0 saturated carbocycles. The van der Waals surface area contributed by atoms with E-state index in [1.165, 1.54) is 14.2 Å². The minimum atomic E-state index is -0.712. The second-order valence-corrected chi connectivity index (χ2v) is 4.36. The molecule has 1 rings (SSSR count). The maximum atomic E-state index is 11.6. The van der Waals surface area contributed by atoms with Gasteiger partial charge in [0.15, 0.2) is 0 Å². The summed E-state index contributed by atoms with van der Waals surface area (Å²) in [6.07, 6.45) is 0.984. The largest absolute Gasteiger partial charge is 0.466 e.